The van der Waals surface area contributed by atoms with Crippen LogP contribution in [0.2, 0.25) is 0 Å². The van der Waals surface area contributed by atoms with E-state index in [-0.39, 0.29) is 0 Å². The number of aliphatic hydroxyl groups is 1. The summed E-state index contributed by atoms with van der Waals surface area (Å²) in [6, 6.07) is 1.97. The maximum Gasteiger partial charge on any atom is 0.272 e. The van der Waals surface area contributed by atoms with Crippen molar-refractivity contribution in [2.75, 3.05) is 0 Å². The number of rotatable bonds is 4. The summed E-state index contributed by atoms with van der Waals surface area (Å²) in [5.41, 5.74) is -3.58. The molecule has 0 radical (unpaired) electrons. The molecule has 0 saturated heterocycles. The summed E-state index contributed by atoms with van der Waals surface area (Å²) in [6.07, 6.45) is -2.31. The first-order valence-electron chi connectivity index (χ1n) is 5.10. The molecule has 1 atom stereocenters. The Kier molecular flexibility index (Phi) is 3.47. The Balaban J connectivity index is 2.43. The second-order valence-corrected chi connectivity index (χ2v) is 3.86. The summed E-state index contributed by atoms with van der Waals surface area (Å²) < 4.78 is 53.2. The number of aromatic nitrogens is 4. The summed E-state index contributed by atoms with van der Waals surface area (Å²) in [5, 5.41) is 19.7. The first-order chi connectivity index (χ1) is 8.93. The maximum absolute atomic E-state index is 13.5. The third-order valence-corrected chi connectivity index (χ3v) is 2.55. The molecule has 1 unspecified atom stereocenters. The number of hydrogen-bond acceptors (Lipinski definition) is 4. The second-order valence-electron chi connectivity index (χ2n) is 3.86. The van der Waals surface area contributed by atoms with E-state index in [2.05, 4.69) is 15.5 Å². The quantitative estimate of drug-likeness (QED) is 0.849. The van der Waals surface area contributed by atoms with E-state index in [9.17, 15) is 22.7 Å². The van der Waals surface area contributed by atoms with Crippen LogP contribution in [-0.4, -0.2) is 31.7 Å². The molecule has 2 aromatic rings. The second kappa shape index (κ2) is 4.92. The molecule has 0 saturated carbocycles. The van der Waals surface area contributed by atoms with Crippen molar-refractivity contribution in [1.82, 2.24) is 20.2 Å². The summed E-state index contributed by atoms with van der Waals surface area (Å²) in [7, 11) is 0. The van der Waals surface area contributed by atoms with Gasteiger partial charge in [-0.1, -0.05) is 6.07 Å². The molecule has 2 rings (SSSR count). The molecule has 0 amide bonds. The average molecular weight is 276 g/mol. The largest absolute Gasteiger partial charge is 0.377 e. The highest BCUT2D eigenvalue weighted by molar-refractivity contribution is 5.25. The SMILES string of the molecule is OC(Cn1cnnn1)(c1ccc(F)cc1F)C(F)F. The first-order valence-corrected chi connectivity index (χ1v) is 5.10. The molecule has 5 nitrogen and oxygen atoms in total. The summed E-state index contributed by atoms with van der Waals surface area (Å²) in [6.45, 7) is -0.764. The molecule has 0 aliphatic rings. The molecular weight excluding hydrogens is 268 g/mol. The molecule has 0 aliphatic carbocycles. The average Bonchev–Trinajstić information content (AvgIpc) is 2.81. The predicted octanol–water partition coefficient (Wildman–Crippen LogP) is 1.10. The minimum Gasteiger partial charge on any atom is -0.377 e. The van der Waals surface area contributed by atoms with Crippen LogP contribution in [0.4, 0.5) is 17.6 Å². The standard InChI is InChI=1S/C10H8F4N4O/c11-6-1-2-7(8(12)3-6)10(19,9(13)14)4-18-5-15-16-17-18/h1-3,5,9,19H,4H2. The van der Waals surface area contributed by atoms with E-state index in [0.29, 0.717) is 6.07 Å². The van der Waals surface area contributed by atoms with Gasteiger partial charge in [0.05, 0.1) is 6.54 Å². The van der Waals surface area contributed by atoms with Gasteiger partial charge >= 0.3 is 0 Å². The normalized spacial score (nSPS) is 14.6. The van der Waals surface area contributed by atoms with E-state index in [1.54, 1.807) is 0 Å². The number of nitrogens with zero attached hydrogens (tertiary/aromatic N) is 4. The lowest BCUT2D eigenvalue weighted by molar-refractivity contribution is -0.116. The van der Waals surface area contributed by atoms with Gasteiger partial charge in [0.15, 0.2) is 5.60 Å². The topological polar surface area (TPSA) is 63.8 Å². The Morgan fingerprint density at radius 3 is 2.58 bits per heavy atom. The fourth-order valence-corrected chi connectivity index (χ4v) is 1.61. The van der Waals surface area contributed by atoms with Crippen molar-refractivity contribution < 1.29 is 22.7 Å². The Morgan fingerprint density at radius 2 is 2.05 bits per heavy atom. The Hall–Kier alpha value is -2.03. The van der Waals surface area contributed by atoms with Crippen LogP contribution in [0.3, 0.4) is 0 Å². The van der Waals surface area contributed by atoms with Crippen LogP contribution in [-0.2, 0) is 12.1 Å². The van der Waals surface area contributed by atoms with Gasteiger partial charge in [-0.05, 0) is 16.5 Å². The van der Waals surface area contributed by atoms with Gasteiger partial charge in [-0.3, -0.25) is 0 Å². The minimum absolute atomic E-state index is 0.419. The maximum atomic E-state index is 13.5. The van der Waals surface area contributed by atoms with E-state index in [0.717, 1.165) is 23.1 Å². The van der Waals surface area contributed by atoms with Crippen LogP contribution in [0, 0.1) is 11.6 Å². The molecule has 1 heterocycles. The summed E-state index contributed by atoms with van der Waals surface area (Å²) in [4.78, 5) is 0. The minimum atomic E-state index is -3.31. The Bertz CT molecular complexity index is 563. The van der Waals surface area contributed by atoms with Crippen molar-refractivity contribution in [1.29, 1.82) is 0 Å². The molecule has 9 heteroatoms. The van der Waals surface area contributed by atoms with Crippen LogP contribution in [0.5, 0.6) is 0 Å². The van der Waals surface area contributed by atoms with Crippen molar-refractivity contribution in [2.24, 2.45) is 0 Å². The van der Waals surface area contributed by atoms with Gasteiger partial charge in [-0.15, -0.1) is 5.10 Å². The highest BCUT2D eigenvalue weighted by atomic mass is 19.3. The smallest absolute Gasteiger partial charge is 0.272 e. The monoisotopic (exact) mass is 276 g/mol. The van der Waals surface area contributed by atoms with Gasteiger partial charge in [0.1, 0.15) is 18.0 Å². The van der Waals surface area contributed by atoms with Crippen molar-refractivity contribution in [2.45, 2.75) is 18.6 Å². The van der Waals surface area contributed by atoms with Crippen LogP contribution in [0.1, 0.15) is 5.56 Å². The molecule has 102 valence electrons. The van der Waals surface area contributed by atoms with E-state index in [1.165, 1.54) is 0 Å². The molecule has 1 aromatic heterocycles. The van der Waals surface area contributed by atoms with Gasteiger partial charge in [-0.2, -0.15) is 0 Å². The van der Waals surface area contributed by atoms with Gasteiger partial charge in [0, 0.05) is 11.6 Å². The molecule has 0 fully saturated rings. The highest BCUT2D eigenvalue weighted by Crippen LogP contribution is 2.32. The molecule has 1 aromatic carbocycles. The lowest BCUT2D eigenvalue weighted by Crippen LogP contribution is -2.40. The lowest BCUT2D eigenvalue weighted by Gasteiger charge is -2.27. The molecule has 0 spiro atoms. The zero-order valence-corrected chi connectivity index (χ0v) is 9.34. The molecular formula is C10H8F4N4O. The van der Waals surface area contributed by atoms with Crippen LogP contribution in [0.25, 0.3) is 0 Å². The van der Waals surface area contributed by atoms with Crippen LogP contribution in [0.15, 0.2) is 24.5 Å². The Morgan fingerprint density at radius 1 is 1.32 bits per heavy atom. The zero-order chi connectivity index (χ0) is 14.0. The summed E-state index contributed by atoms with van der Waals surface area (Å²) >= 11 is 0. The summed E-state index contributed by atoms with van der Waals surface area (Å²) in [5.74, 6) is -2.20. The van der Waals surface area contributed by atoms with Crippen molar-refractivity contribution in [3.05, 3.63) is 41.7 Å². The number of benzene rings is 1. The van der Waals surface area contributed by atoms with E-state index >= 15 is 0 Å². The van der Waals surface area contributed by atoms with Gasteiger partial charge in [0.25, 0.3) is 6.43 Å². The van der Waals surface area contributed by atoms with Gasteiger partial charge < -0.3 is 5.11 Å². The lowest BCUT2D eigenvalue weighted by atomic mass is 9.93. The molecule has 0 aliphatic heterocycles. The first kappa shape index (κ1) is 13.4. The van der Waals surface area contributed by atoms with Crippen LogP contribution < -0.4 is 0 Å². The van der Waals surface area contributed by atoms with Crippen molar-refractivity contribution in [3.63, 3.8) is 0 Å². The Labute approximate surface area is 104 Å². The number of tetrazole rings is 1. The van der Waals surface area contributed by atoms with Crippen molar-refractivity contribution in [3.8, 4) is 0 Å². The highest BCUT2D eigenvalue weighted by Gasteiger charge is 2.42. The third kappa shape index (κ3) is 2.55. The van der Waals surface area contributed by atoms with E-state index in [1.807, 2.05) is 0 Å². The molecule has 19 heavy (non-hydrogen) atoms. The number of halogens is 4. The fraction of sp³-hybridized carbons (Fsp3) is 0.300. The number of hydrogen-bond donors (Lipinski definition) is 1. The van der Waals surface area contributed by atoms with Gasteiger partial charge in [-0.25, -0.2) is 22.2 Å². The predicted molar refractivity (Wildman–Crippen MR) is 54.1 cm³/mol. The number of alkyl halides is 2. The van der Waals surface area contributed by atoms with Gasteiger partial charge in [0.2, 0.25) is 0 Å². The van der Waals surface area contributed by atoms with Crippen LogP contribution >= 0.6 is 0 Å². The van der Waals surface area contributed by atoms with E-state index < -0.39 is 35.8 Å². The zero-order valence-electron chi connectivity index (χ0n) is 9.34. The van der Waals surface area contributed by atoms with Crippen molar-refractivity contribution >= 4 is 0 Å². The van der Waals surface area contributed by atoms with E-state index in [4.69, 9.17) is 0 Å². The molecule has 0 bridgehead atoms. The molecule has 1 N–H and O–H groups in total. The fourth-order valence-electron chi connectivity index (χ4n) is 1.61. The third-order valence-electron chi connectivity index (χ3n) is 2.55.